The Morgan fingerprint density at radius 2 is 1.56 bits per heavy atom. The van der Waals surface area contributed by atoms with Crippen LogP contribution in [-0.4, -0.2) is 18.3 Å². The zero-order valence-electron chi connectivity index (χ0n) is 9.09. The minimum absolute atomic E-state index is 0.302. The molecule has 1 aromatic rings. The molecule has 1 rings (SSSR count). The number of benzene rings is 1. The maximum atomic E-state index is 8.63. The highest BCUT2D eigenvalue weighted by molar-refractivity contribution is 14.1. The van der Waals surface area contributed by atoms with Crippen LogP contribution in [0.3, 0.4) is 0 Å². The summed E-state index contributed by atoms with van der Waals surface area (Å²) in [6, 6.07) is 6.22. The van der Waals surface area contributed by atoms with Gasteiger partial charge < -0.3 is 9.84 Å². The van der Waals surface area contributed by atoms with Gasteiger partial charge in [-0.15, -0.1) is 0 Å². The first-order chi connectivity index (χ1) is 7.72. The topological polar surface area (TPSA) is 29.5 Å². The fraction of sp³-hybridized carbons (Fsp3) is 0.500. The number of ether oxygens (including phenoxy) is 1. The molecule has 0 heterocycles. The lowest BCUT2D eigenvalue weighted by Gasteiger charge is -2.07. The van der Waals surface area contributed by atoms with Crippen molar-refractivity contribution in [3.63, 3.8) is 0 Å². The second-order valence-corrected chi connectivity index (χ2v) is 6.08. The third-order valence-corrected chi connectivity index (χ3v) is 3.40. The first kappa shape index (κ1) is 14.5. The molecule has 4 heteroatoms. The van der Waals surface area contributed by atoms with Crippen molar-refractivity contribution in [1.29, 1.82) is 0 Å². The van der Waals surface area contributed by atoms with Crippen molar-refractivity contribution in [2.75, 3.05) is 13.2 Å². The van der Waals surface area contributed by atoms with Gasteiger partial charge in [0.25, 0.3) is 0 Å². The van der Waals surface area contributed by atoms with E-state index in [9.17, 15) is 0 Å². The molecule has 0 bridgehead atoms. The van der Waals surface area contributed by atoms with Gasteiger partial charge in [-0.1, -0.05) is 6.42 Å². The summed E-state index contributed by atoms with van der Waals surface area (Å²) in [6.45, 7) is 1.07. The maximum Gasteiger partial charge on any atom is 0.121 e. The van der Waals surface area contributed by atoms with Gasteiger partial charge in [-0.2, -0.15) is 0 Å². The molecule has 0 amide bonds. The molecule has 0 aliphatic carbocycles. The number of aliphatic hydroxyl groups excluding tert-OH is 1. The van der Waals surface area contributed by atoms with Gasteiger partial charge in [0.2, 0.25) is 0 Å². The highest BCUT2D eigenvalue weighted by atomic mass is 127. The van der Waals surface area contributed by atoms with E-state index in [1.54, 1.807) is 0 Å². The summed E-state index contributed by atoms with van der Waals surface area (Å²) in [6.07, 6.45) is 4.18. The lowest BCUT2D eigenvalue weighted by molar-refractivity contribution is 0.273. The van der Waals surface area contributed by atoms with E-state index in [1.165, 1.54) is 7.14 Å². The Bertz CT molecular complexity index is 296. The lowest BCUT2D eigenvalue weighted by Crippen LogP contribution is -1.98. The molecular weight excluding hydrogens is 430 g/mol. The Labute approximate surface area is 124 Å². The molecule has 0 aromatic heterocycles. The summed E-state index contributed by atoms with van der Waals surface area (Å²) in [7, 11) is 0. The SMILES string of the molecule is OCCCCCCOc1cc(I)cc(I)c1. The van der Waals surface area contributed by atoms with Crippen molar-refractivity contribution in [3.05, 3.63) is 25.3 Å². The van der Waals surface area contributed by atoms with Gasteiger partial charge in [0.1, 0.15) is 5.75 Å². The average molecular weight is 446 g/mol. The van der Waals surface area contributed by atoms with Crippen LogP contribution in [-0.2, 0) is 0 Å². The number of unbranched alkanes of at least 4 members (excludes halogenated alkanes) is 3. The molecule has 0 saturated heterocycles. The minimum atomic E-state index is 0.302. The molecule has 0 saturated carbocycles. The molecule has 90 valence electrons. The molecule has 1 N–H and O–H groups in total. The highest BCUT2D eigenvalue weighted by Crippen LogP contribution is 2.20. The number of halogens is 2. The summed E-state index contributed by atoms with van der Waals surface area (Å²) >= 11 is 4.60. The van der Waals surface area contributed by atoms with Crippen LogP contribution in [0.4, 0.5) is 0 Å². The molecule has 2 nitrogen and oxygen atoms in total. The van der Waals surface area contributed by atoms with Crippen LogP contribution < -0.4 is 4.74 Å². The zero-order valence-corrected chi connectivity index (χ0v) is 13.4. The van der Waals surface area contributed by atoms with Crippen molar-refractivity contribution in [1.82, 2.24) is 0 Å². The second kappa shape index (κ2) is 8.52. The molecule has 0 spiro atoms. The number of hydrogen-bond donors (Lipinski definition) is 1. The predicted octanol–water partition coefficient (Wildman–Crippen LogP) is 3.83. The Morgan fingerprint density at radius 1 is 0.938 bits per heavy atom. The van der Waals surface area contributed by atoms with Gasteiger partial charge in [0, 0.05) is 13.7 Å². The van der Waals surface area contributed by atoms with Crippen molar-refractivity contribution >= 4 is 45.2 Å². The van der Waals surface area contributed by atoms with Gasteiger partial charge in [-0.25, -0.2) is 0 Å². The standard InChI is InChI=1S/C12H16I2O2/c13-10-7-11(14)9-12(8-10)16-6-4-2-1-3-5-15/h7-9,15H,1-6H2. The van der Waals surface area contributed by atoms with Crippen molar-refractivity contribution in [2.45, 2.75) is 25.7 Å². The molecule has 0 aliphatic heterocycles. The Kier molecular flexibility index (Phi) is 7.72. The number of aliphatic hydroxyl groups is 1. The van der Waals surface area contributed by atoms with Crippen LogP contribution in [0, 0.1) is 7.14 Å². The summed E-state index contributed by atoms with van der Waals surface area (Å²) in [5, 5.41) is 8.63. The van der Waals surface area contributed by atoms with E-state index < -0.39 is 0 Å². The van der Waals surface area contributed by atoms with Gasteiger partial charge in [-0.3, -0.25) is 0 Å². The molecular formula is C12H16I2O2. The van der Waals surface area contributed by atoms with E-state index in [0.717, 1.165) is 38.0 Å². The minimum Gasteiger partial charge on any atom is -0.494 e. The molecule has 0 radical (unpaired) electrons. The van der Waals surface area contributed by atoms with Gasteiger partial charge in [0.05, 0.1) is 6.61 Å². The molecule has 0 aliphatic rings. The summed E-state index contributed by atoms with van der Waals surface area (Å²) in [4.78, 5) is 0. The first-order valence-electron chi connectivity index (χ1n) is 5.42. The lowest BCUT2D eigenvalue weighted by atomic mass is 10.2. The van der Waals surface area contributed by atoms with Crippen LogP contribution in [0.2, 0.25) is 0 Å². The molecule has 0 atom stereocenters. The number of rotatable bonds is 7. The second-order valence-electron chi connectivity index (χ2n) is 3.59. The summed E-state index contributed by atoms with van der Waals surface area (Å²) in [5.74, 6) is 0.957. The van der Waals surface area contributed by atoms with Crippen molar-refractivity contribution in [3.8, 4) is 5.75 Å². The van der Waals surface area contributed by atoms with E-state index in [4.69, 9.17) is 9.84 Å². The van der Waals surface area contributed by atoms with Gasteiger partial charge in [0.15, 0.2) is 0 Å². The van der Waals surface area contributed by atoms with E-state index in [0.29, 0.717) is 6.61 Å². The Balaban J connectivity index is 2.21. The monoisotopic (exact) mass is 446 g/mol. The normalized spacial score (nSPS) is 10.4. The Hall–Kier alpha value is 0.440. The number of hydrogen-bond acceptors (Lipinski definition) is 2. The average Bonchev–Trinajstić information content (AvgIpc) is 2.22. The smallest absolute Gasteiger partial charge is 0.121 e. The van der Waals surface area contributed by atoms with E-state index in [2.05, 4.69) is 63.4 Å². The third kappa shape index (κ3) is 6.24. The van der Waals surface area contributed by atoms with E-state index in [-0.39, 0.29) is 0 Å². The molecule has 1 aromatic carbocycles. The van der Waals surface area contributed by atoms with Crippen LogP contribution in [0.15, 0.2) is 18.2 Å². The first-order valence-corrected chi connectivity index (χ1v) is 7.58. The summed E-state index contributed by atoms with van der Waals surface area (Å²) in [5.41, 5.74) is 0. The van der Waals surface area contributed by atoms with Gasteiger partial charge in [-0.05, 0) is 82.6 Å². The quantitative estimate of drug-likeness (QED) is 0.510. The third-order valence-electron chi connectivity index (χ3n) is 2.16. The fourth-order valence-corrected chi connectivity index (χ4v) is 3.25. The Morgan fingerprint density at radius 3 is 2.19 bits per heavy atom. The van der Waals surface area contributed by atoms with Crippen molar-refractivity contribution in [2.24, 2.45) is 0 Å². The molecule has 0 unspecified atom stereocenters. The maximum absolute atomic E-state index is 8.63. The van der Waals surface area contributed by atoms with Crippen LogP contribution in [0.5, 0.6) is 5.75 Å². The predicted molar refractivity (Wildman–Crippen MR) is 82.9 cm³/mol. The molecule has 16 heavy (non-hydrogen) atoms. The van der Waals surface area contributed by atoms with Gasteiger partial charge >= 0.3 is 0 Å². The van der Waals surface area contributed by atoms with Crippen LogP contribution in [0.1, 0.15) is 25.7 Å². The van der Waals surface area contributed by atoms with Crippen molar-refractivity contribution < 1.29 is 9.84 Å². The zero-order chi connectivity index (χ0) is 11.8. The molecule has 0 fully saturated rings. The van der Waals surface area contributed by atoms with Crippen LogP contribution >= 0.6 is 45.2 Å². The largest absolute Gasteiger partial charge is 0.494 e. The fourth-order valence-electron chi connectivity index (χ4n) is 1.37. The van der Waals surface area contributed by atoms with Crippen LogP contribution in [0.25, 0.3) is 0 Å². The van der Waals surface area contributed by atoms with E-state index >= 15 is 0 Å². The van der Waals surface area contributed by atoms with E-state index in [1.807, 2.05) is 0 Å². The summed E-state index contributed by atoms with van der Waals surface area (Å²) < 4.78 is 8.09. The highest BCUT2D eigenvalue weighted by Gasteiger charge is 1.98.